The van der Waals surface area contributed by atoms with Crippen molar-refractivity contribution in [1.82, 2.24) is 9.13 Å². The average Bonchev–Trinajstić information content (AvgIpc) is 4.03. The first-order valence-corrected chi connectivity index (χ1v) is 21.8. The standard InChI is InChI=1S/C60H39N3O/c1-2-13-44(14-3-1)62-56-22-10-6-17-50(56)53-39-43(31-38-57(53)62)42-27-25-40(26-28-42)41-29-32-45(33-30-41)61(58-23-12-19-52-51-18-7-11-24-59(51)64-60(52)58)46-34-36-47(37-35-46)63-54-20-8-4-15-48(54)49-16-5-9-21-55(49)63/h1-39H. The zero-order valence-electron chi connectivity index (χ0n) is 34.8. The van der Waals surface area contributed by atoms with Crippen molar-refractivity contribution in [3.8, 4) is 33.6 Å². The van der Waals surface area contributed by atoms with Crippen LogP contribution in [0.25, 0.3) is 99.2 Å². The molecule has 0 saturated heterocycles. The smallest absolute Gasteiger partial charge is 0.159 e. The molecule has 0 radical (unpaired) electrons. The maximum atomic E-state index is 6.65. The monoisotopic (exact) mass is 817 g/mol. The van der Waals surface area contributed by atoms with Gasteiger partial charge in [0.25, 0.3) is 0 Å². The van der Waals surface area contributed by atoms with Crippen molar-refractivity contribution >= 4 is 82.6 Å². The fourth-order valence-corrected chi connectivity index (χ4v) is 9.95. The van der Waals surface area contributed by atoms with E-state index in [9.17, 15) is 0 Å². The van der Waals surface area contributed by atoms with Crippen LogP contribution < -0.4 is 4.90 Å². The molecule has 0 aliphatic carbocycles. The Morgan fingerprint density at radius 3 is 1.36 bits per heavy atom. The van der Waals surface area contributed by atoms with Gasteiger partial charge < -0.3 is 18.5 Å². The second-order valence-corrected chi connectivity index (χ2v) is 16.5. The van der Waals surface area contributed by atoms with Gasteiger partial charge in [0, 0.05) is 55.1 Å². The molecule has 0 fully saturated rings. The largest absolute Gasteiger partial charge is 0.454 e. The number of furan rings is 1. The predicted octanol–water partition coefficient (Wildman–Crippen LogP) is 16.6. The molecule has 0 saturated carbocycles. The van der Waals surface area contributed by atoms with E-state index in [4.69, 9.17) is 4.42 Å². The normalized spacial score (nSPS) is 11.8. The number of anilines is 3. The van der Waals surface area contributed by atoms with Gasteiger partial charge in [0.05, 0.1) is 27.8 Å². The van der Waals surface area contributed by atoms with Crippen LogP contribution in [0, 0.1) is 0 Å². The van der Waals surface area contributed by atoms with Crippen LogP contribution in [0.15, 0.2) is 241 Å². The maximum absolute atomic E-state index is 6.65. The number of fused-ring (bicyclic) bond motifs is 9. The molecule has 10 aromatic carbocycles. The lowest BCUT2D eigenvalue weighted by atomic mass is 9.99. The summed E-state index contributed by atoms with van der Waals surface area (Å²) in [5.74, 6) is 0. The van der Waals surface area contributed by atoms with Gasteiger partial charge in [0.15, 0.2) is 5.58 Å². The van der Waals surface area contributed by atoms with Crippen LogP contribution in [0.1, 0.15) is 0 Å². The minimum atomic E-state index is 0.859. The summed E-state index contributed by atoms with van der Waals surface area (Å²) in [5.41, 5.74) is 16.6. The molecule has 300 valence electrons. The fourth-order valence-electron chi connectivity index (χ4n) is 9.95. The summed E-state index contributed by atoms with van der Waals surface area (Å²) in [6, 6.07) is 85.0. The number of hydrogen-bond acceptors (Lipinski definition) is 2. The van der Waals surface area contributed by atoms with Gasteiger partial charge in [-0.3, -0.25) is 0 Å². The van der Waals surface area contributed by atoms with Crippen LogP contribution in [0.2, 0.25) is 0 Å². The van der Waals surface area contributed by atoms with E-state index in [1.165, 1.54) is 66.0 Å². The van der Waals surface area contributed by atoms with Crippen LogP contribution >= 0.6 is 0 Å². The van der Waals surface area contributed by atoms with Crippen LogP contribution in [0.3, 0.4) is 0 Å². The predicted molar refractivity (Wildman–Crippen MR) is 268 cm³/mol. The molecule has 0 atom stereocenters. The summed E-state index contributed by atoms with van der Waals surface area (Å²) in [4.78, 5) is 2.32. The van der Waals surface area contributed by atoms with Gasteiger partial charge in [-0.1, -0.05) is 146 Å². The Labute approximate surface area is 369 Å². The molecule has 0 N–H and O–H groups in total. The van der Waals surface area contributed by atoms with E-state index in [1.807, 2.05) is 12.1 Å². The van der Waals surface area contributed by atoms with Crippen molar-refractivity contribution < 1.29 is 4.42 Å². The molecular weight excluding hydrogens is 779 g/mol. The van der Waals surface area contributed by atoms with Gasteiger partial charge in [-0.15, -0.1) is 0 Å². The van der Waals surface area contributed by atoms with Crippen molar-refractivity contribution in [2.75, 3.05) is 4.90 Å². The lowest BCUT2D eigenvalue weighted by Gasteiger charge is -2.26. The Bertz CT molecular complexity index is 3820. The lowest BCUT2D eigenvalue weighted by molar-refractivity contribution is 0.669. The highest BCUT2D eigenvalue weighted by Crippen LogP contribution is 2.43. The van der Waals surface area contributed by atoms with Gasteiger partial charge in [-0.25, -0.2) is 0 Å². The number of hydrogen-bond donors (Lipinski definition) is 0. The molecular formula is C60H39N3O. The molecule has 0 bridgehead atoms. The molecule has 64 heavy (non-hydrogen) atoms. The second-order valence-electron chi connectivity index (χ2n) is 16.5. The van der Waals surface area contributed by atoms with Crippen LogP contribution in [-0.4, -0.2) is 9.13 Å². The molecule has 0 spiro atoms. The molecule has 4 nitrogen and oxygen atoms in total. The third kappa shape index (κ3) is 5.70. The Balaban J connectivity index is 0.871. The van der Waals surface area contributed by atoms with Crippen molar-refractivity contribution in [2.45, 2.75) is 0 Å². The zero-order valence-corrected chi connectivity index (χ0v) is 34.8. The van der Waals surface area contributed by atoms with Crippen LogP contribution in [0.4, 0.5) is 17.1 Å². The lowest BCUT2D eigenvalue weighted by Crippen LogP contribution is -2.10. The minimum Gasteiger partial charge on any atom is -0.454 e. The zero-order chi connectivity index (χ0) is 42.1. The summed E-state index contributed by atoms with van der Waals surface area (Å²) in [6.45, 7) is 0. The highest BCUT2D eigenvalue weighted by atomic mass is 16.3. The Morgan fingerprint density at radius 1 is 0.297 bits per heavy atom. The number of aromatic nitrogens is 2. The molecule has 13 aromatic rings. The van der Waals surface area contributed by atoms with Gasteiger partial charge >= 0.3 is 0 Å². The van der Waals surface area contributed by atoms with Gasteiger partial charge in [0.1, 0.15) is 5.58 Å². The third-order valence-corrected chi connectivity index (χ3v) is 12.9. The van der Waals surface area contributed by atoms with E-state index in [0.717, 1.165) is 50.3 Å². The van der Waals surface area contributed by atoms with E-state index in [0.29, 0.717) is 0 Å². The topological polar surface area (TPSA) is 26.2 Å². The van der Waals surface area contributed by atoms with Crippen LogP contribution in [-0.2, 0) is 0 Å². The van der Waals surface area contributed by atoms with E-state index >= 15 is 0 Å². The summed E-state index contributed by atoms with van der Waals surface area (Å²) >= 11 is 0. The van der Waals surface area contributed by atoms with Crippen molar-refractivity contribution in [1.29, 1.82) is 0 Å². The van der Waals surface area contributed by atoms with E-state index < -0.39 is 0 Å². The number of para-hydroxylation sites is 6. The highest BCUT2D eigenvalue weighted by molar-refractivity contribution is 6.12. The number of rotatable bonds is 7. The Morgan fingerprint density at radius 2 is 0.734 bits per heavy atom. The van der Waals surface area contributed by atoms with Gasteiger partial charge in [0.2, 0.25) is 0 Å². The minimum absolute atomic E-state index is 0.859. The first-order valence-electron chi connectivity index (χ1n) is 21.8. The molecule has 3 aromatic heterocycles. The summed E-state index contributed by atoms with van der Waals surface area (Å²) in [5, 5.41) is 7.21. The molecule has 0 aliphatic rings. The number of nitrogens with zero attached hydrogens (tertiary/aromatic N) is 3. The first kappa shape index (κ1) is 36.1. The first-order chi connectivity index (χ1) is 31.7. The summed E-state index contributed by atoms with van der Waals surface area (Å²) in [7, 11) is 0. The highest BCUT2D eigenvalue weighted by Gasteiger charge is 2.21. The van der Waals surface area contributed by atoms with Gasteiger partial charge in [-0.2, -0.15) is 0 Å². The SMILES string of the molecule is c1ccc(-n2c3ccccc3c3cc(-c4ccc(-c5ccc(N(c6ccc(-n7c8ccccc8c8ccccc87)cc6)c6cccc7c6oc6ccccc67)cc5)cc4)ccc32)cc1. The summed E-state index contributed by atoms with van der Waals surface area (Å²) < 4.78 is 11.4. The number of benzene rings is 10. The molecule has 13 rings (SSSR count). The van der Waals surface area contributed by atoms with Crippen molar-refractivity contribution in [3.63, 3.8) is 0 Å². The molecule has 0 aliphatic heterocycles. The average molecular weight is 818 g/mol. The van der Waals surface area contributed by atoms with E-state index in [-0.39, 0.29) is 0 Å². The third-order valence-electron chi connectivity index (χ3n) is 12.9. The van der Waals surface area contributed by atoms with E-state index in [2.05, 4.69) is 238 Å². The second kappa shape index (κ2) is 14.5. The Hall–Kier alpha value is -8.60. The molecule has 0 unspecified atom stereocenters. The molecule has 3 heterocycles. The summed E-state index contributed by atoms with van der Waals surface area (Å²) in [6.07, 6.45) is 0. The van der Waals surface area contributed by atoms with Crippen LogP contribution in [0.5, 0.6) is 0 Å². The van der Waals surface area contributed by atoms with Gasteiger partial charge in [-0.05, 0) is 113 Å². The fraction of sp³-hybridized carbons (Fsp3) is 0. The Kier molecular flexibility index (Phi) is 8.18. The maximum Gasteiger partial charge on any atom is 0.159 e. The van der Waals surface area contributed by atoms with E-state index in [1.54, 1.807) is 0 Å². The molecule has 0 amide bonds. The van der Waals surface area contributed by atoms with Crippen molar-refractivity contribution in [2.24, 2.45) is 0 Å². The quantitative estimate of drug-likeness (QED) is 0.160. The van der Waals surface area contributed by atoms with Crippen molar-refractivity contribution in [3.05, 3.63) is 237 Å². The molecule has 4 heteroatoms.